The number of hydrogen-bond acceptors (Lipinski definition) is 3. The number of methoxy groups -OCH3 is 1. The van der Waals surface area contributed by atoms with Crippen molar-refractivity contribution in [3.8, 4) is 5.75 Å². The molecular weight excluding hydrogens is 238 g/mol. The minimum Gasteiger partial charge on any atom is -0.497 e. The summed E-state index contributed by atoms with van der Waals surface area (Å²) in [6.07, 6.45) is 0.753. The van der Waals surface area contributed by atoms with Crippen LogP contribution in [0.3, 0.4) is 0 Å². The van der Waals surface area contributed by atoms with E-state index in [2.05, 4.69) is 4.98 Å². The highest BCUT2D eigenvalue weighted by molar-refractivity contribution is 6.31. The highest BCUT2D eigenvalue weighted by atomic mass is 35.5. The maximum absolute atomic E-state index is 10.2. The predicted molar refractivity (Wildman–Crippen MR) is 66.3 cm³/mol. The van der Waals surface area contributed by atoms with Crippen LogP contribution >= 0.6 is 11.6 Å². The summed E-state index contributed by atoms with van der Waals surface area (Å²) >= 11 is 5.99. The van der Waals surface area contributed by atoms with E-state index in [4.69, 9.17) is 16.3 Å². The minimum atomic E-state index is -0.848. The van der Waals surface area contributed by atoms with E-state index < -0.39 is 6.10 Å². The number of halogens is 1. The molecule has 0 aliphatic rings. The molecule has 3 nitrogen and oxygen atoms in total. The molecule has 0 radical (unpaired) electrons. The summed E-state index contributed by atoms with van der Waals surface area (Å²) < 4.78 is 5.11. The molecule has 0 bridgehead atoms. The Labute approximate surface area is 105 Å². The summed E-state index contributed by atoms with van der Waals surface area (Å²) in [6.45, 7) is 0. The van der Waals surface area contributed by atoms with Crippen molar-refractivity contribution in [2.75, 3.05) is 7.11 Å². The molecular formula is C13H12ClNO2. The number of ether oxygens (including phenoxy) is 1. The molecule has 0 amide bonds. The summed E-state index contributed by atoms with van der Waals surface area (Å²) in [4.78, 5) is 4.09. The molecule has 2 rings (SSSR count). The van der Waals surface area contributed by atoms with Crippen LogP contribution in [0.15, 0.2) is 42.6 Å². The van der Waals surface area contributed by atoms with Crippen LogP contribution in [-0.2, 0) is 0 Å². The third-order valence-electron chi connectivity index (χ3n) is 2.46. The summed E-state index contributed by atoms with van der Waals surface area (Å²) in [6, 6.07) is 10.6. The quantitative estimate of drug-likeness (QED) is 0.910. The fourth-order valence-corrected chi connectivity index (χ4v) is 1.79. The van der Waals surface area contributed by atoms with Gasteiger partial charge in [0.25, 0.3) is 0 Å². The van der Waals surface area contributed by atoms with Gasteiger partial charge in [0.15, 0.2) is 0 Å². The van der Waals surface area contributed by atoms with Gasteiger partial charge in [0, 0.05) is 6.20 Å². The lowest BCUT2D eigenvalue weighted by atomic mass is 10.1. The second-order valence-corrected chi connectivity index (χ2v) is 3.96. The summed E-state index contributed by atoms with van der Waals surface area (Å²) in [5.74, 6) is 0.689. The second kappa shape index (κ2) is 5.17. The van der Waals surface area contributed by atoms with Crippen molar-refractivity contribution >= 4 is 11.6 Å². The molecule has 1 N–H and O–H groups in total. The van der Waals surface area contributed by atoms with Crippen LogP contribution in [0.4, 0.5) is 0 Å². The lowest BCUT2D eigenvalue weighted by molar-refractivity contribution is 0.215. The highest BCUT2D eigenvalue weighted by Crippen LogP contribution is 2.27. The van der Waals surface area contributed by atoms with Gasteiger partial charge in [-0.2, -0.15) is 0 Å². The van der Waals surface area contributed by atoms with Gasteiger partial charge in [0.2, 0.25) is 0 Å². The van der Waals surface area contributed by atoms with Crippen LogP contribution in [0.25, 0.3) is 0 Å². The molecule has 0 spiro atoms. The van der Waals surface area contributed by atoms with E-state index >= 15 is 0 Å². The Morgan fingerprint density at radius 1 is 1.29 bits per heavy atom. The third-order valence-corrected chi connectivity index (χ3v) is 2.78. The van der Waals surface area contributed by atoms with Gasteiger partial charge in [-0.25, -0.2) is 0 Å². The second-order valence-electron chi connectivity index (χ2n) is 3.55. The van der Waals surface area contributed by atoms with E-state index in [-0.39, 0.29) is 0 Å². The van der Waals surface area contributed by atoms with E-state index in [0.29, 0.717) is 22.0 Å². The van der Waals surface area contributed by atoms with Gasteiger partial charge in [0.1, 0.15) is 11.9 Å². The summed E-state index contributed by atoms with van der Waals surface area (Å²) in [5.41, 5.74) is 1.15. The number of benzene rings is 1. The first-order valence-corrected chi connectivity index (χ1v) is 5.52. The zero-order valence-corrected chi connectivity index (χ0v) is 10.1. The van der Waals surface area contributed by atoms with Crippen LogP contribution < -0.4 is 4.74 Å². The number of aliphatic hydroxyl groups excluding tert-OH is 1. The number of pyridine rings is 1. The molecule has 17 heavy (non-hydrogen) atoms. The topological polar surface area (TPSA) is 42.4 Å². The first-order chi connectivity index (χ1) is 8.22. The van der Waals surface area contributed by atoms with Crippen molar-refractivity contribution in [1.82, 2.24) is 4.98 Å². The van der Waals surface area contributed by atoms with Crippen molar-refractivity contribution in [1.29, 1.82) is 0 Å². The average Bonchev–Trinajstić information content (AvgIpc) is 2.38. The lowest BCUT2D eigenvalue weighted by Crippen LogP contribution is -2.03. The van der Waals surface area contributed by atoms with Gasteiger partial charge < -0.3 is 9.84 Å². The van der Waals surface area contributed by atoms with Crippen LogP contribution in [0.5, 0.6) is 5.75 Å². The van der Waals surface area contributed by atoms with Crippen molar-refractivity contribution in [2.24, 2.45) is 0 Å². The number of aromatic nitrogens is 1. The Bertz CT molecular complexity index is 516. The first kappa shape index (κ1) is 11.9. The van der Waals surface area contributed by atoms with E-state index in [1.54, 1.807) is 37.6 Å². The Balaban J connectivity index is 2.37. The van der Waals surface area contributed by atoms with Crippen molar-refractivity contribution < 1.29 is 9.84 Å². The Morgan fingerprint density at radius 2 is 2.12 bits per heavy atom. The van der Waals surface area contributed by atoms with Crippen LogP contribution in [0.1, 0.15) is 17.4 Å². The zero-order valence-electron chi connectivity index (χ0n) is 9.30. The number of rotatable bonds is 3. The largest absolute Gasteiger partial charge is 0.497 e. The number of nitrogens with zero attached hydrogens (tertiary/aromatic N) is 1. The fraction of sp³-hybridized carbons (Fsp3) is 0.154. The molecule has 88 valence electrons. The standard InChI is InChI=1S/C13H12ClNO2/c1-17-10-5-2-4-9(8-10)13(16)12-11(14)6-3-7-15-12/h2-8,13,16H,1H3. The molecule has 0 saturated heterocycles. The zero-order chi connectivity index (χ0) is 12.3. The molecule has 0 aliphatic heterocycles. The molecule has 4 heteroatoms. The molecule has 0 aliphatic carbocycles. The minimum absolute atomic E-state index is 0.447. The Hall–Kier alpha value is -1.58. The van der Waals surface area contributed by atoms with Crippen molar-refractivity contribution in [3.05, 3.63) is 58.9 Å². The molecule has 0 fully saturated rings. The van der Waals surface area contributed by atoms with E-state index in [0.717, 1.165) is 0 Å². The van der Waals surface area contributed by atoms with Gasteiger partial charge in [0.05, 0.1) is 17.8 Å². The highest BCUT2D eigenvalue weighted by Gasteiger charge is 2.15. The average molecular weight is 250 g/mol. The van der Waals surface area contributed by atoms with E-state index in [9.17, 15) is 5.11 Å². The predicted octanol–water partition coefficient (Wildman–Crippen LogP) is 2.83. The third kappa shape index (κ3) is 2.57. The van der Waals surface area contributed by atoms with E-state index in [1.807, 2.05) is 12.1 Å². The van der Waals surface area contributed by atoms with Gasteiger partial charge in [-0.3, -0.25) is 4.98 Å². The van der Waals surface area contributed by atoms with Gasteiger partial charge >= 0.3 is 0 Å². The lowest BCUT2D eigenvalue weighted by Gasteiger charge is -2.12. The molecule has 1 unspecified atom stereocenters. The number of aliphatic hydroxyl groups is 1. The van der Waals surface area contributed by atoms with Crippen LogP contribution in [-0.4, -0.2) is 17.2 Å². The molecule has 2 aromatic rings. The van der Waals surface area contributed by atoms with Crippen molar-refractivity contribution in [2.45, 2.75) is 6.10 Å². The van der Waals surface area contributed by atoms with Gasteiger partial charge in [-0.05, 0) is 29.8 Å². The Kier molecular flexibility index (Phi) is 3.61. The Morgan fingerprint density at radius 3 is 2.82 bits per heavy atom. The molecule has 0 saturated carbocycles. The molecule has 1 aromatic carbocycles. The van der Waals surface area contributed by atoms with Gasteiger partial charge in [-0.15, -0.1) is 0 Å². The van der Waals surface area contributed by atoms with Crippen LogP contribution in [0, 0.1) is 0 Å². The summed E-state index contributed by atoms with van der Waals surface area (Å²) in [5, 5.41) is 10.6. The van der Waals surface area contributed by atoms with Crippen molar-refractivity contribution in [3.63, 3.8) is 0 Å². The SMILES string of the molecule is COc1cccc(C(O)c2ncccc2Cl)c1. The summed E-state index contributed by atoms with van der Waals surface area (Å²) in [7, 11) is 1.58. The maximum atomic E-state index is 10.2. The molecule has 1 heterocycles. The van der Waals surface area contributed by atoms with Crippen LogP contribution in [0.2, 0.25) is 5.02 Å². The molecule has 1 atom stereocenters. The smallest absolute Gasteiger partial charge is 0.123 e. The maximum Gasteiger partial charge on any atom is 0.123 e. The first-order valence-electron chi connectivity index (χ1n) is 5.15. The molecule has 1 aromatic heterocycles. The fourth-order valence-electron chi connectivity index (χ4n) is 1.57. The van der Waals surface area contributed by atoms with E-state index in [1.165, 1.54) is 0 Å². The monoisotopic (exact) mass is 249 g/mol. The normalized spacial score (nSPS) is 12.2. The van der Waals surface area contributed by atoms with Gasteiger partial charge in [-0.1, -0.05) is 23.7 Å². The number of hydrogen-bond donors (Lipinski definition) is 1.